The van der Waals surface area contributed by atoms with Gasteiger partial charge in [0.15, 0.2) is 11.4 Å². The summed E-state index contributed by atoms with van der Waals surface area (Å²) in [6.07, 6.45) is 0. The van der Waals surface area contributed by atoms with E-state index in [9.17, 15) is 4.79 Å². The lowest BCUT2D eigenvalue weighted by atomic mass is 10.2. The number of rotatable bonds is 4. The summed E-state index contributed by atoms with van der Waals surface area (Å²) in [5, 5.41) is 9.89. The molecule has 4 rings (SSSR count). The molecule has 0 aliphatic carbocycles. The molecule has 0 atom stereocenters. The molecule has 5 nitrogen and oxygen atoms in total. The van der Waals surface area contributed by atoms with E-state index >= 15 is 0 Å². The quantitative estimate of drug-likeness (QED) is 0.451. The number of carbonyl (C=O) groups is 1. The van der Waals surface area contributed by atoms with Crippen LogP contribution in [0.15, 0.2) is 41.6 Å². The van der Waals surface area contributed by atoms with Crippen LogP contribution in [0.3, 0.4) is 0 Å². The zero-order valence-electron chi connectivity index (χ0n) is 12.2. The number of hydrogen-bond acceptors (Lipinski definition) is 6. The normalized spacial score (nSPS) is 11.3. The molecule has 23 heavy (non-hydrogen) atoms. The van der Waals surface area contributed by atoms with Gasteiger partial charge in [-0.2, -0.15) is 0 Å². The Bertz CT molecular complexity index is 1020. The third-order valence-corrected chi connectivity index (χ3v) is 5.33. The second-order valence-corrected chi connectivity index (χ2v) is 7.31. The molecule has 0 spiro atoms. The number of aromatic nitrogens is 4. The lowest BCUT2D eigenvalue weighted by Gasteiger charge is -1.98. The predicted molar refractivity (Wildman–Crippen MR) is 93.3 cm³/mol. The number of nitrogens with zero attached hydrogens (tertiary/aromatic N) is 3. The lowest BCUT2D eigenvalue weighted by Crippen LogP contribution is -2.01. The van der Waals surface area contributed by atoms with Crippen molar-refractivity contribution in [2.75, 3.05) is 5.75 Å². The van der Waals surface area contributed by atoms with E-state index in [1.54, 1.807) is 0 Å². The zero-order chi connectivity index (χ0) is 15.8. The highest BCUT2D eigenvalue weighted by molar-refractivity contribution is 7.99. The highest BCUT2D eigenvalue weighted by atomic mass is 32.2. The second kappa shape index (κ2) is 5.75. The van der Waals surface area contributed by atoms with E-state index in [4.69, 9.17) is 0 Å². The number of ketones is 1. The standard InChI is InChI=1S/C16H12N4OS2/c1-9-6-7-13(23-9)12(21)8-22-16-18-15-14(19-20-16)10-4-2-3-5-11(10)17-15/h2-7H,8H2,1H3,(H,17,18,20). The monoisotopic (exact) mass is 340 g/mol. The van der Waals surface area contributed by atoms with Gasteiger partial charge in [0.25, 0.3) is 0 Å². The first-order valence-electron chi connectivity index (χ1n) is 7.04. The van der Waals surface area contributed by atoms with E-state index < -0.39 is 0 Å². The van der Waals surface area contributed by atoms with Gasteiger partial charge in [-0.25, -0.2) is 4.98 Å². The minimum atomic E-state index is 0.0912. The van der Waals surface area contributed by atoms with Gasteiger partial charge in [-0.05, 0) is 25.1 Å². The molecule has 114 valence electrons. The van der Waals surface area contributed by atoms with Crippen molar-refractivity contribution in [2.24, 2.45) is 0 Å². The van der Waals surface area contributed by atoms with Gasteiger partial charge in [-0.3, -0.25) is 4.79 Å². The largest absolute Gasteiger partial charge is 0.338 e. The van der Waals surface area contributed by atoms with Crippen molar-refractivity contribution in [1.29, 1.82) is 0 Å². The van der Waals surface area contributed by atoms with E-state index in [1.165, 1.54) is 23.1 Å². The maximum absolute atomic E-state index is 12.1. The van der Waals surface area contributed by atoms with Crippen LogP contribution in [0.25, 0.3) is 22.1 Å². The van der Waals surface area contributed by atoms with Crippen molar-refractivity contribution in [2.45, 2.75) is 12.1 Å². The molecule has 7 heteroatoms. The highest BCUT2D eigenvalue weighted by Crippen LogP contribution is 2.24. The van der Waals surface area contributed by atoms with Crippen LogP contribution in [0.2, 0.25) is 0 Å². The van der Waals surface area contributed by atoms with Crippen molar-refractivity contribution in [3.8, 4) is 0 Å². The third kappa shape index (κ3) is 2.73. The van der Waals surface area contributed by atoms with Crippen LogP contribution in [0.1, 0.15) is 14.5 Å². The number of hydrogen-bond donors (Lipinski definition) is 1. The van der Waals surface area contributed by atoms with Gasteiger partial charge in [0, 0.05) is 15.8 Å². The molecule has 1 aromatic carbocycles. The summed E-state index contributed by atoms with van der Waals surface area (Å²) in [7, 11) is 0. The molecule has 0 saturated heterocycles. The van der Waals surface area contributed by atoms with Crippen LogP contribution < -0.4 is 0 Å². The van der Waals surface area contributed by atoms with E-state index in [2.05, 4.69) is 20.2 Å². The molecule has 0 fully saturated rings. The number of aryl methyl sites for hydroxylation is 1. The predicted octanol–water partition coefficient (Wildman–Crippen LogP) is 3.85. The minimum Gasteiger partial charge on any atom is -0.338 e. The second-order valence-electron chi connectivity index (χ2n) is 5.08. The molecule has 0 saturated carbocycles. The molecule has 0 bridgehead atoms. The van der Waals surface area contributed by atoms with E-state index in [1.807, 2.05) is 43.3 Å². The average Bonchev–Trinajstić information content (AvgIpc) is 3.15. The number of benzene rings is 1. The summed E-state index contributed by atoms with van der Waals surface area (Å²) in [6.45, 7) is 1.99. The maximum Gasteiger partial charge on any atom is 0.211 e. The fourth-order valence-electron chi connectivity index (χ4n) is 2.35. The van der Waals surface area contributed by atoms with Crippen LogP contribution in [0.4, 0.5) is 0 Å². The Balaban J connectivity index is 1.57. The van der Waals surface area contributed by atoms with Crippen LogP contribution in [0, 0.1) is 6.92 Å². The summed E-state index contributed by atoms with van der Waals surface area (Å²) < 4.78 is 0. The van der Waals surface area contributed by atoms with Crippen molar-refractivity contribution >= 4 is 50.9 Å². The van der Waals surface area contributed by atoms with E-state index in [0.29, 0.717) is 16.6 Å². The molecule has 3 heterocycles. The van der Waals surface area contributed by atoms with E-state index in [-0.39, 0.29) is 5.78 Å². The van der Waals surface area contributed by atoms with Gasteiger partial charge >= 0.3 is 0 Å². The molecule has 1 N–H and O–H groups in total. The summed E-state index contributed by atoms with van der Waals surface area (Å²) in [4.78, 5) is 21.7. The molecule has 0 aliphatic rings. The Morgan fingerprint density at radius 3 is 2.91 bits per heavy atom. The molecular weight excluding hydrogens is 328 g/mol. The summed E-state index contributed by atoms with van der Waals surface area (Å²) >= 11 is 2.82. The van der Waals surface area contributed by atoms with Crippen LogP contribution in [0.5, 0.6) is 0 Å². The first-order valence-corrected chi connectivity index (χ1v) is 8.84. The minimum absolute atomic E-state index is 0.0912. The van der Waals surface area contributed by atoms with Crippen molar-refractivity contribution in [3.63, 3.8) is 0 Å². The number of thiophene rings is 1. The van der Waals surface area contributed by atoms with Gasteiger partial charge in [0.1, 0.15) is 5.52 Å². The number of Topliss-reactive ketones (excluding diaryl/α,β-unsaturated/α-hetero) is 1. The number of aromatic amines is 1. The van der Waals surface area contributed by atoms with Crippen molar-refractivity contribution < 1.29 is 4.79 Å². The summed E-state index contributed by atoms with van der Waals surface area (Å²) in [5.41, 5.74) is 2.44. The van der Waals surface area contributed by atoms with E-state index in [0.717, 1.165) is 26.2 Å². The summed E-state index contributed by atoms with van der Waals surface area (Å²) in [5.74, 6) is 0.404. The van der Waals surface area contributed by atoms with Gasteiger partial charge in [0.05, 0.1) is 10.6 Å². The van der Waals surface area contributed by atoms with Gasteiger partial charge in [-0.1, -0.05) is 30.0 Å². The van der Waals surface area contributed by atoms with Gasteiger partial charge < -0.3 is 4.98 Å². The fourth-order valence-corrected chi connectivity index (χ4v) is 3.92. The zero-order valence-corrected chi connectivity index (χ0v) is 13.9. The Morgan fingerprint density at radius 2 is 2.09 bits per heavy atom. The Labute approximate surface area is 140 Å². The lowest BCUT2D eigenvalue weighted by molar-refractivity contribution is 0.102. The summed E-state index contributed by atoms with van der Waals surface area (Å²) in [6, 6.07) is 11.7. The van der Waals surface area contributed by atoms with Crippen LogP contribution in [-0.4, -0.2) is 31.7 Å². The van der Waals surface area contributed by atoms with Gasteiger partial charge in [0.2, 0.25) is 5.16 Å². The highest BCUT2D eigenvalue weighted by Gasteiger charge is 2.12. The number of carbonyl (C=O) groups excluding carboxylic acids is 1. The first-order chi connectivity index (χ1) is 11.2. The molecule has 0 amide bonds. The molecule has 0 unspecified atom stereocenters. The molecule has 0 aliphatic heterocycles. The number of fused-ring (bicyclic) bond motifs is 3. The molecule has 0 radical (unpaired) electrons. The smallest absolute Gasteiger partial charge is 0.211 e. The number of thioether (sulfide) groups is 1. The van der Waals surface area contributed by atoms with Crippen LogP contribution in [-0.2, 0) is 0 Å². The third-order valence-electron chi connectivity index (χ3n) is 3.45. The number of nitrogens with one attached hydrogen (secondary N) is 1. The molecule has 3 aromatic heterocycles. The Hall–Kier alpha value is -2.25. The Kier molecular flexibility index (Phi) is 3.59. The Morgan fingerprint density at radius 1 is 1.22 bits per heavy atom. The SMILES string of the molecule is Cc1ccc(C(=O)CSc2nnc3c(n2)[nH]c2ccccc23)s1. The fraction of sp³-hybridized carbons (Fsp3) is 0.125. The topological polar surface area (TPSA) is 71.5 Å². The van der Waals surface area contributed by atoms with Crippen molar-refractivity contribution in [3.05, 3.63) is 46.2 Å². The van der Waals surface area contributed by atoms with Gasteiger partial charge in [-0.15, -0.1) is 21.5 Å². The molecule has 4 aromatic rings. The molecular formula is C16H12N4OS2. The van der Waals surface area contributed by atoms with Crippen LogP contribution >= 0.6 is 23.1 Å². The average molecular weight is 340 g/mol. The first kappa shape index (κ1) is 14.3. The maximum atomic E-state index is 12.1. The van der Waals surface area contributed by atoms with Crippen molar-refractivity contribution in [1.82, 2.24) is 20.2 Å². The number of para-hydroxylation sites is 1. The number of H-pyrrole nitrogens is 1.